The molecule has 1 unspecified atom stereocenters. The Labute approximate surface area is 88.3 Å². The molecule has 86 valence electrons. The summed E-state index contributed by atoms with van der Waals surface area (Å²) in [6.07, 6.45) is 5.92. The minimum absolute atomic E-state index is 0.116. The standard InChI is InChI=1S/C12H26O2/c1-4-6-8-12(10-13,11(3)14)9-7-5-2/h11,13-14H,4-10H2,1-3H3. The molecule has 0 aliphatic heterocycles. The molecule has 0 rings (SSSR count). The van der Waals surface area contributed by atoms with Crippen LogP contribution in [0.2, 0.25) is 0 Å². The number of aliphatic hydroxyl groups is 2. The van der Waals surface area contributed by atoms with Crippen LogP contribution < -0.4 is 0 Å². The zero-order valence-corrected chi connectivity index (χ0v) is 9.92. The predicted octanol–water partition coefficient (Wildman–Crippen LogP) is 2.73. The van der Waals surface area contributed by atoms with E-state index < -0.39 is 6.10 Å². The smallest absolute Gasteiger partial charge is 0.0590 e. The van der Waals surface area contributed by atoms with Crippen LogP contribution in [0, 0.1) is 5.41 Å². The van der Waals surface area contributed by atoms with Crippen molar-refractivity contribution in [1.29, 1.82) is 0 Å². The van der Waals surface area contributed by atoms with Crippen molar-refractivity contribution in [2.24, 2.45) is 5.41 Å². The largest absolute Gasteiger partial charge is 0.396 e. The SMILES string of the molecule is CCCCC(CO)(CCCC)C(C)O. The van der Waals surface area contributed by atoms with Gasteiger partial charge in [0.05, 0.1) is 12.7 Å². The number of aliphatic hydroxyl groups excluding tert-OH is 2. The molecule has 1 atom stereocenters. The minimum Gasteiger partial charge on any atom is -0.396 e. The molecule has 0 aliphatic carbocycles. The molecule has 0 spiro atoms. The molecule has 0 aromatic rings. The van der Waals surface area contributed by atoms with Gasteiger partial charge in [-0.1, -0.05) is 39.5 Å². The summed E-state index contributed by atoms with van der Waals surface area (Å²) in [5.74, 6) is 0. The van der Waals surface area contributed by atoms with Crippen molar-refractivity contribution in [3.8, 4) is 0 Å². The van der Waals surface area contributed by atoms with Crippen molar-refractivity contribution in [2.45, 2.75) is 65.4 Å². The summed E-state index contributed by atoms with van der Waals surface area (Å²) in [4.78, 5) is 0. The normalized spacial score (nSPS) is 14.4. The van der Waals surface area contributed by atoms with Crippen molar-refractivity contribution >= 4 is 0 Å². The van der Waals surface area contributed by atoms with E-state index in [2.05, 4.69) is 13.8 Å². The fourth-order valence-corrected chi connectivity index (χ4v) is 1.89. The Morgan fingerprint density at radius 1 is 1.07 bits per heavy atom. The molecule has 14 heavy (non-hydrogen) atoms. The van der Waals surface area contributed by atoms with E-state index in [9.17, 15) is 10.2 Å². The van der Waals surface area contributed by atoms with Crippen molar-refractivity contribution < 1.29 is 10.2 Å². The van der Waals surface area contributed by atoms with Crippen molar-refractivity contribution in [2.75, 3.05) is 6.61 Å². The quantitative estimate of drug-likeness (QED) is 0.635. The first kappa shape index (κ1) is 13.9. The summed E-state index contributed by atoms with van der Waals surface area (Å²) >= 11 is 0. The van der Waals surface area contributed by atoms with Crippen LogP contribution in [0.4, 0.5) is 0 Å². The Hall–Kier alpha value is -0.0800. The zero-order chi connectivity index (χ0) is 11.0. The van der Waals surface area contributed by atoms with E-state index in [0.29, 0.717) is 0 Å². The number of rotatable bonds is 8. The predicted molar refractivity (Wildman–Crippen MR) is 60.2 cm³/mol. The average Bonchev–Trinajstić information content (AvgIpc) is 2.18. The van der Waals surface area contributed by atoms with Gasteiger partial charge in [0.2, 0.25) is 0 Å². The molecule has 0 bridgehead atoms. The van der Waals surface area contributed by atoms with Gasteiger partial charge in [0.25, 0.3) is 0 Å². The monoisotopic (exact) mass is 202 g/mol. The highest BCUT2D eigenvalue weighted by Crippen LogP contribution is 2.34. The van der Waals surface area contributed by atoms with E-state index in [1.807, 2.05) is 6.92 Å². The highest BCUT2D eigenvalue weighted by Gasteiger charge is 2.33. The van der Waals surface area contributed by atoms with Crippen molar-refractivity contribution in [3.63, 3.8) is 0 Å². The molecule has 2 N–H and O–H groups in total. The summed E-state index contributed by atoms with van der Waals surface area (Å²) in [5.41, 5.74) is -0.244. The van der Waals surface area contributed by atoms with Crippen LogP contribution in [0.1, 0.15) is 59.3 Å². The van der Waals surface area contributed by atoms with Crippen LogP contribution in [0.5, 0.6) is 0 Å². The maximum Gasteiger partial charge on any atom is 0.0590 e. The van der Waals surface area contributed by atoms with Crippen LogP contribution in [-0.4, -0.2) is 22.9 Å². The second-order valence-electron chi connectivity index (χ2n) is 4.40. The fraction of sp³-hybridized carbons (Fsp3) is 1.00. The number of hydrogen-bond acceptors (Lipinski definition) is 2. The van der Waals surface area contributed by atoms with Crippen LogP contribution in [0.15, 0.2) is 0 Å². The molecular weight excluding hydrogens is 176 g/mol. The highest BCUT2D eigenvalue weighted by molar-refractivity contribution is 4.83. The summed E-state index contributed by atoms with van der Waals surface area (Å²) in [5, 5.41) is 19.2. The van der Waals surface area contributed by atoms with Crippen molar-refractivity contribution in [3.05, 3.63) is 0 Å². The van der Waals surface area contributed by atoms with Crippen LogP contribution >= 0.6 is 0 Å². The molecule has 2 heteroatoms. The molecule has 0 saturated heterocycles. The summed E-state index contributed by atoms with van der Waals surface area (Å²) in [7, 11) is 0. The van der Waals surface area contributed by atoms with Crippen LogP contribution in [0.25, 0.3) is 0 Å². The van der Waals surface area contributed by atoms with Gasteiger partial charge in [0.1, 0.15) is 0 Å². The Morgan fingerprint density at radius 2 is 1.50 bits per heavy atom. The van der Waals surface area contributed by atoms with Gasteiger partial charge in [-0.15, -0.1) is 0 Å². The third-order valence-corrected chi connectivity index (χ3v) is 3.26. The molecule has 0 amide bonds. The van der Waals surface area contributed by atoms with Gasteiger partial charge in [-0.05, 0) is 19.8 Å². The number of unbranched alkanes of at least 4 members (excludes halogenated alkanes) is 2. The van der Waals surface area contributed by atoms with E-state index in [0.717, 1.165) is 38.5 Å². The van der Waals surface area contributed by atoms with Gasteiger partial charge in [-0.25, -0.2) is 0 Å². The first-order valence-electron chi connectivity index (χ1n) is 5.92. The lowest BCUT2D eigenvalue weighted by Gasteiger charge is -2.35. The lowest BCUT2D eigenvalue weighted by atomic mass is 9.75. The van der Waals surface area contributed by atoms with E-state index in [1.54, 1.807) is 0 Å². The Balaban J connectivity index is 4.27. The van der Waals surface area contributed by atoms with Gasteiger partial charge >= 0.3 is 0 Å². The highest BCUT2D eigenvalue weighted by atomic mass is 16.3. The molecule has 0 heterocycles. The molecule has 0 aromatic carbocycles. The molecule has 0 aliphatic rings. The topological polar surface area (TPSA) is 40.5 Å². The van der Waals surface area contributed by atoms with Crippen LogP contribution in [0.3, 0.4) is 0 Å². The third-order valence-electron chi connectivity index (χ3n) is 3.26. The molecule has 0 radical (unpaired) electrons. The third kappa shape index (κ3) is 3.97. The Bertz CT molecular complexity index is 124. The molecular formula is C12H26O2. The van der Waals surface area contributed by atoms with Gasteiger partial charge in [-0.3, -0.25) is 0 Å². The summed E-state index contributed by atoms with van der Waals surface area (Å²) in [6, 6.07) is 0. The van der Waals surface area contributed by atoms with Crippen molar-refractivity contribution in [1.82, 2.24) is 0 Å². The van der Waals surface area contributed by atoms with Crippen LogP contribution in [-0.2, 0) is 0 Å². The molecule has 0 saturated carbocycles. The lowest BCUT2D eigenvalue weighted by Crippen LogP contribution is -2.36. The second-order valence-corrected chi connectivity index (χ2v) is 4.40. The Kier molecular flexibility index (Phi) is 7.20. The fourth-order valence-electron chi connectivity index (χ4n) is 1.89. The first-order valence-corrected chi connectivity index (χ1v) is 5.92. The van der Waals surface area contributed by atoms with Gasteiger partial charge < -0.3 is 10.2 Å². The minimum atomic E-state index is -0.398. The Morgan fingerprint density at radius 3 is 1.71 bits per heavy atom. The summed E-state index contributed by atoms with van der Waals surface area (Å²) in [6.45, 7) is 6.21. The number of hydrogen-bond donors (Lipinski definition) is 2. The van der Waals surface area contributed by atoms with E-state index in [-0.39, 0.29) is 12.0 Å². The molecule has 2 nitrogen and oxygen atoms in total. The maximum absolute atomic E-state index is 9.76. The van der Waals surface area contributed by atoms with E-state index in [1.165, 1.54) is 0 Å². The average molecular weight is 202 g/mol. The summed E-state index contributed by atoms with van der Waals surface area (Å²) < 4.78 is 0. The second kappa shape index (κ2) is 7.24. The van der Waals surface area contributed by atoms with Gasteiger partial charge in [0.15, 0.2) is 0 Å². The zero-order valence-electron chi connectivity index (χ0n) is 9.92. The van der Waals surface area contributed by atoms with E-state index in [4.69, 9.17) is 0 Å². The molecule has 0 fully saturated rings. The van der Waals surface area contributed by atoms with Gasteiger partial charge in [-0.2, -0.15) is 0 Å². The lowest BCUT2D eigenvalue weighted by molar-refractivity contribution is -0.0220. The maximum atomic E-state index is 9.76. The first-order chi connectivity index (χ1) is 6.63. The molecule has 0 aromatic heterocycles. The van der Waals surface area contributed by atoms with Gasteiger partial charge in [0, 0.05) is 5.41 Å². The van der Waals surface area contributed by atoms with E-state index >= 15 is 0 Å².